The summed E-state index contributed by atoms with van der Waals surface area (Å²) in [4.78, 5) is 5.28. The van der Waals surface area contributed by atoms with Crippen LogP contribution < -0.4 is 25.5 Å². The molecule has 4 heteroatoms. The monoisotopic (exact) mass is 816 g/mol. The summed E-state index contributed by atoms with van der Waals surface area (Å²) in [6.45, 7) is 23.6. The standard InChI is InChI=1S/C57H61BN2S/c1-11-36-23-28-41(29-24-36)59-49-21-16-22-50-52(49)58(54-53(59)45-34-39(56(6,7)8)27-32-51(45)61-54)46-35-40(57(9,10)12-2)26-31-48(46)60(50)47-30-25-38(55(3,4)5)33-44(47)43-20-15-18-37-17-13-14-19-42(37)43/h15-16,18,20-35H,11-14,17,19H2,1-10H3. The molecule has 1 aromatic heterocycles. The number of rotatable bonds is 6. The summed E-state index contributed by atoms with van der Waals surface area (Å²) in [5, 5.41) is 1.35. The van der Waals surface area contributed by atoms with E-state index in [2.05, 4.69) is 194 Å². The van der Waals surface area contributed by atoms with Gasteiger partial charge in [-0.3, -0.25) is 0 Å². The van der Waals surface area contributed by atoms with Crippen molar-refractivity contribution in [1.82, 2.24) is 0 Å². The molecule has 0 amide bonds. The van der Waals surface area contributed by atoms with Crippen molar-refractivity contribution in [2.75, 3.05) is 9.80 Å². The number of aryl methyl sites for hydroxylation is 2. The zero-order valence-corrected chi connectivity index (χ0v) is 38.9. The van der Waals surface area contributed by atoms with Crippen LogP contribution in [0.2, 0.25) is 0 Å². The van der Waals surface area contributed by atoms with Gasteiger partial charge in [-0.25, -0.2) is 0 Å². The molecule has 0 spiro atoms. The number of fused-ring (bicyclic) bond motifs is 7. The molecular weight excluding hydrogens is 756 g/mol. The molecule has 0 radical (unpaired) electrons. The second-order valence-corrected chi connectivity index (χ2v) is 21.8. The van der Waals surface area contributed by atoms with Crippen molar-refractivity contribution in [3.05, 3.63) is 149 Å². The lowest BCUT2D eigenvalue weighted by Crippen LogP contribution is -2.60. The molecule has 0 saturated heterocycles. The Balaban J connectivity index is 1.31. The average Bonchev–Trinajstić information content (AvgIpc) is 3.64. The summed E-state index contributed by atoms with van der Waals surface area (Å²) in [7, 11) is 0. The zero-order valence-electron chi connectivity index (χ0n) is 38.1. The van der Waals surface area contributed by atoms with E-state index in [4.69, 9.17) is 0 Å². The minimum absolute atomic E-state index is 0.0117. The minimum atomic E-state index is 0.0117. The van der Waals surface area contributed by atoms with Crippen molar-refractivity contribution in [2.24, 2.45) is 0 Å². The van der Waals surface area contributed by atoms with Gasteiger partial charge in [-0.2, -0.15) is 0 Å². The number of nitrogens with zero attached hydrogens (tertiary/aromatic N) is 2. The summed E-state index contributed by atoms with van der Waals surface area (Å²) in [6.07, 6.45) is 6.92. The predicted molar refractivity (Wildman–Crippen MR) is 268 cm³/mol. The Hall–Kier alpha value is -5.06. The van der Waals surface area contributed by atoms with Crippen LogP contribution in [0.4, 0.5) is 34.1 Å². The second kappa shape index (κ2) is 14.5. The lowest BCUT2D eigenvalue weighted by Gasteiger charge is -2.44. The van der Waals surface area contributed by atoms with E-state index in [0.717, 1.165) is 25.7 Å². The second-order valence-electron chi connectivity index (χ2n) is 20.8. The number of hydrogen-bond donors (Lipinski definition) is 0. The van der Waals surface area contributed by atoms with E-state index in [1.807, 2.05) is 11.3 Å². The molecule has 6 aromatic carbocycles. The van der Waals surface area contributed by atoms with E-state index in [0.29, 0.717) is 0 Å². The van der Waals surface area contributed by atoms with Crippen molar-refractivity contribution in [3.63, 3.8) is 0 Å². The van der Waals surface area contributed by atoms with Gasteiger partial charge in [0, 0.05) is 43.2 Å². The maximum atomic E-state index is 2.66. The Morgan fingerprint density at radius 3 is 1.97 bits per heavy atom. The Morgan fingerprint density at radius 2 is 1.25 bits per heavy atom. The molecule has 61 heavy (non-hydrogen) atoms. The van der Waals surface area contributed by atoms with Crippen LogP contribution in [0.1, 0.15) is 122 Å². The molecule has 308 valence electrons. The summed E-state index contributed by atoms with van der Waals surface area (Å²) in [5.41, 5.74) is 21.9. The SMILES string of the molecule is CCc1ccc(N2c3cccc4c3B(c3cc(C(C)(C)CC)ccc3N4c3ccc(C(C)(C)C)cc3-c3cccc4c3CCCC4)c3sc4ccc(C(C)(C)C)cc4c32)cc1. The van der Waals surface area contributed by atoms with Crippen LogP contribution in [0.15, 0.2) is 115 Å². The van der Waals surface area contributed by atoms with Crippen molar-refractivity contribution >= 4 is 78.0 Å². The van der Waals surface area contributed by atoms with Gasteiger partial charge in [-0.15, -0.1) is 11.3 Å². The van der Waals surface area contributed by atoms with Gasteiger partial charge in [0.15, 0.2) is 0 Å². The highest BCUT2D eigenvalue weighted by molar-refractivity contribution is 7.33. The highest BCUT2D eigenvalue weighted by atomic mass is 32.1. The van der Waals surface area contributed by atoms with Gasteiger partial charge in [0.05, 0.1) is 11.4 Å². The summed E-state index contributed by atoms with van der Waals surface area (Å²) in [5.74, 6) is 0. The van der Waals surface area contributed by atoms with Crippen molar-refractivity contribution in [2.45, 2.75) is 124 Å². The van der Waals surface area contributed by atoms with Crippen molar-refractivity contribution < 1.29 is 0 Å². The molecular formula is C57H61BN2S. The van der Waals surface area contributed by atoms with E-state index >= 15 is 0 Å². The average molecular weight is 817 g/mol. The van der Waals surface area contributed by atoms with Crippen LogP contribution in [0.3, 0.4) is 0 Å². The first-order chi connectivity index (χ1) is 29.2. The highest BCUT2D eigenvalue weighted by Gasteiger charge is 2.46. The summed E-state index contributed by atoms with van der Waals surface area (Å²) < 4.78 is 2.79. The van der Waals surface area contributed by atoms with Crippen LogP contribution in [-0.2, 0) is 35.5 Å². The number of hydrogen-bond acceptors (Lipinski definition) is 3. The molecule has 0 unspecified atom stereocenters. The van der Waals surface area contributed by atoms with E-state index in [1.165, 1.54) is 117 Å². The molecule has 2 aliphatic heterocycles. The smallest absolute Gasteiger partial charge is 0.264 e. The zero-order chi connectivity index (χ0) is 42.6. The third-order valence-electron chi connectivity index (χ3n) is 14.5. The largest absolute Gasteiger partial charge is 0.311 e. The van der Waals surface area contributed by atoms with Crippen molar-refractivity contribution in [1.29, 1.82) is 0 Å². The number of benzene rings is 6. The lowest BCUT2D eigenvalue weighted by atomic mass is 9.36. The molecule has 7 aromatic rings. The number of anilines is 6. The van der Waals surface area contributed by atoms with Crippen LogP contribution in [0.5, 0.6) is 0 Å². The van der Waals surface area contributed by atoms with Gasteiger partial charge in [-0.05, 0) is 159 Å². The fraction of sp³-hybridized carbons (Fsp3) is 0.333. The van der Waals surface area contributed by atoms with Gasteiger partial charge >= 0.3 is 0 Å². The van der Waals surface area contributed by atoms with Gasteiger partial charge in [0.1, 0.15) is 0 Å². The van der Waals surface area contributed by atoms with Crippen LogP contribution in [-0.4, -0.2) is 6.71 Å². The highest BCUT2D eigenvalue weighted by Crippen LogP contribution is 2.51. The topological polar surface area (TPSA) is 6.48 Å². The predicted octanol–water partition coefficient (Wildman–Crippen LogP) is 14.4. The Bertz CT molecular complexity index is 2850. The van der Waals surface area contributed by atoms with Gasteiger partial charge in [0.2, 0.25) is 0 Å². The molecule has 3 heterocycles. The summed E-state index contributed by atoms with van der Waals surface area (Å²) in [6, 6.07) is 45.8. The third kappa shape index (κ3) is 6.50. The molecule has 3 aliphatic rings. The molecule has 0 bridgehead atoms. The van der Waals surface area contributed by atoms with Gasteiger partial charge < -0.3 is 9.80 Å². The normalized spacial score (nSPS) is 14.8. The molecule has 10 rings (SSSR count). The molecule has 0 atom stereocenters. The van der Waals surface area contributed by atoms with Gasteiger partial charge in [-0.1, -0.05) is 130 Å². The molecule has 0 N–H and O–H groups in total. The van der Waals surface area contributed by atoms with E-state index < -0.39 is 0 Å². The van der Waals surface area contributed by atoms with E-state index in [1.54, 1.807) is 0 Å². The third-order valence-corrected chi connectivity index (χ3v) is 15.7. The quantitative estimate of drug-likeness (QED) is 0.154. The van der Waals surface area contributed by atoms with E-state index in [-0.39, 0.29) is 23.0 Å². The van der Waals surface area contributed by atoms with E-state index in [9.17, 15) is 0 Å². The van der Waals surface area contributed by atoms with Crippen molar-refractivity contribution in [3.8, 4) is 11.1 Å². The molecule has 0 fully saturated rings. The molecule has 2 nitrogen and oxygen atoms in total. The summed E-state index contributed by atoms with van der Waals surface area (Å²) >= 11 is 2.00. The molecule has 0 saturated carbocycles. The maximum Gasteiger partial charge on any atom is 0.264 e. The fourth-order valence-electron chi connectivity index (χ4n) is 10.4. The minimum Gasteiger partial charge on any atom is -0.311 e. The van der Waals surface area contributed by atoms with Crippen LogP contribution in [0, 0.1) is 0 Å². The first-order valence-corrected chi connectivity index (χ1v) is 23.8. The first kappa shape index (κ1) is 40.0. The maximum absolute atomic E-state index is 2.66. The van der Waals surface area contributed by atoms with Crippen LogP contribution in [0.25, 0.3) is 21.2 Å². The Labute approximate surface area is 369 Å². The van der Waals surface area contributed by atoms with Crippen LogP contribution >= 0.6 is 11.3 Å². The Kier molecular flexibility index (Phi) is 9.53. The fourth-order valence-corrected chi connectivity index (χ4v) is 11.7. The van der Waals surface area contributed by atoms with Gasteiger partial charge in [0.25, 0.3) is 6.71 Å². The number of thiophene rings is 1. The Morgan fingerprint density at radius 1 is 0.590 bits per heavy atom. The molecule has 1 aliphatic carbocycles. The lowest BCUT2D eigenvalue weighted by molar-refractivity contribution is 0.506. The first-order valence-electron chi connectivity index (χ1n) is 23.0.